The van der Waals surface area contributed by atoms with Gasteiger partial charge in [-0.25, -0.2) is 9.79 Å². The van der Waals surface area contributed by atoms with Gasteiger partial charge >= 0.3 is 5.97 Å². The molecule has 0 radical (unpaired) electrons. The van der Waals surface area contributed by atoms with E-state index in [0.29, 0.717) is 4.91 Å². The Labute approximate surface area is 171 Å². The molecule has 0 spiro atoms. The lowest BCUT2D eigenvalue weighted by Crippen LogP contribution is -2.14. The first-order valence-electron chi connectivity index (χ1n) is 8.44. The number of nitrogens with zero attached hydrogens (tertiary/aromatic N) is 1. The molecule has 7 heteroatoms. The Bertz CT molecular complexity index is 1010. The zero-order valence-electron chi connectivity index (χ0n) is 14.9. The van der Waals surface area contributed by atoms with Crippen molar-refractivity contribution in [3.05, 3.63) is 87.0 Å². The number of rotatable bonds is 4. The minimum Gasteiger partial charge on any atom is -0.506 e. The zero-order valence-corrected chi connectivity index (χ0v) is 16.5. The van der Waals surface area contributed by atoms with E-state index in [1.165, 1.54) is 0 Å². The van der Waals surface area contributed by atoms with Gasteiger partial charge in [-0.2, -0.15) is 0 Å². The first kappa shape index (κ1) is 19.9. The molecule has 3 rings (SSSR count). The molecule has 2 aromatic rings. The number of aliphatic hydroxyl groups is 1. The van der Waals surface area contributed by atoms with Crippen LogP contribution in [-0.4, -0.2) is 28.6 Å². The standard InChI is InChI=1S/C21H16ClNO4S/c1-2-27-21(26)17-18(24)16(12-13-8-4-3-5-9-13)28-20(17)23-19(25)14-10-6-7-11-15(14)22/h3-12,24H,2H2,1H3/b16-12-,23-20?. The van der Waals surface area contributed by atoms with Crippen molar-refractivity contribution in [3.8, 4) is 0 Å². The van der Waals surface area contributed by atoms with Gasteiger partial charge in [-0.3, -0.25) is 4.79 Å². The average molecular weight is 414 g/mol. The van der Waals surface area contributed by atoms with Crippen LogP contribution < -0.4 is 0 Å². The molecule has 1 aliphatic rings. The minimum atomic E-state index is -0.741. The quantitative estimate of drug-likeness (QED) is 0.710. The second-order valence-corrected chi connectivity index (χ2v) is 7.11. The number of esters is 1. The number of ether oxygens (including phenoxy) is 1. The third-order valence-corrected chi connectivity index (χ3v) is 5.12. The van der Waals surface area contributed by atoms with Crippen LogP contribution in [0.25, 0.3) is 6.08 Å². The van der Waals surface area contributed by atoms with E-state index in [1.807, 2.05) is 30.3 Å². The SMILES string of the molecule is CCOC(=O)C1=C(O)/C(=C/c2ccccc2)SC1=NC(=O)c1ccccc1Cl. The molecule has 2 aromatic carbocycles. The summed E-state index contributed by atoms with van der Waals surface area (Å²) >= 11 is 7.08. The van der Waals surface area contributed by atoms with Crippen LogP contribution in [0.5, 0.6) is 0 Å². The number of hydrogen-bond donors (Lipinski definition) is 1. The first-order chi connectivity index (χ1) is 13.5. The highest BCUT2D eigenvalue weighted by atomic mass is 35.5. The van der Waals surface area contributed by atoms with Crippen LogP contribution in [0.3, 0.4) is 0 Å². The Morgan fingerprint density at radius 1 is 1.14 bits per heavy atom. The van der Waals surface area contributed by atoms with Crippen molar-refractivity contribution in [2.45, 2.75) is 6.92 Å². The number of aliphatic hydroxyl groups excluding tert-OH is 1. The Morgan fingerprint density at radius 3 is 2.50 bits per heavy atom. The molecule has 0 aliphatic carbocycles. The molecule has 28 heavy (non-hydrogen) atoms. The Hall–Kier alpha value is -2.83. The van der Waals surface area contributed by atoms with E-state index in [1.54, 1.807) is 37.3 Å². The average Bonchev–Trinajstić information content (AvgIpc) is 2.98. The van der Waals surface area contributed by atoms with E-state index in [9.17, 15) is 14.7 Å². The van der Waals surface area contributed by atoms with Gasteiger partial charge in [0.15, 0.2) is 0 Å². The van der Waals surface area contributed by atoms with Crippen LogP contribution in [0.4, 0.5) is 0 Å². The van der Waals surface area contributed by atoms with E-state index in [0.717, 1.165) is 17.3 Å². The van der Waals surface area contributed by atoms with Crippen LogP contribution in [0, 0.1) is 0 Å². The first-order valence-corrected chi connectivity index (χ1v) is 9.64. The molecule has 0 unspecified atom stereocenters. The maximum Gasteiger partial charge on any atom is 0.344 e. The molecule has 0 atom stereocenters. The summed E-state index contributed by atoms with van der Waals surface area (Å²) < 4.78 is 5.02. The van der Waals surface area contributed by atoms with E-state index in [2.05, 4.69) is 4.99 Å². The lowest BCUT2D eigenvalue weighted by atomic mass is 10.1. The zero-order chi connectivity index (χ0) is 20.1. The van der Waals surface area contributed by atoms with Gasteiger partial charge in [0.2, 0.25) is 0 Å². The number of halogens is 1. The van der Waals surface area contributed by atoms with E-state index >= 15 is 0 Å². The number of benzene rings is 2. The van der Waals surface area contributed by atoms with Gasteiger partial charge in [0.25, 0.3) is 5.91 Å². The maximum absolute atomic E-state index is 12.6. The number of thioether (sulfide) groups is 1. The largest absolute Gasteiger partial charge is 0.506 e. The number of aliphatic imine (C=N–C) groups is 1. The van der Waals surface area contributed by atoms with Crippen LogP contribution in [0.15, 0.2) is 75.8 Å². The predicted molar refractivity (Wildman–Crippen MR) is 112 cm³/mol. The molecule has 1 N–H and O–H groups in total. The third kappa shape index (κ3) is 4.35. The van der Waals surface area contributed by atoms with Crippen LogP contribution in [0.1, 0.15) is 22.8 Å². The summed E-state index contributed by atoms with van der Waals surface area (Å²) in [6.07, 6.45) is 1.71. The maximum atomic E-state index is 12.6. The minimum absolute atomic E-state index is 0.0723. The molecule has 142 valence electrons. The number of carbonyl (C=O) groups is 2. The monoisotopic (exact) mass is 413 g/mol. The molecule has 1 heterocycles. The molecule has 0 fully saturated rings. The van der Waals surface area contributed by atoms with E-state index in [4.69, 9.17) is 16.3 Å². The van der Waals surface area contributed by atoms with Crippen molar-refractivity contribution in [2.24, 2.45) is 4.99 Å². The third-order valence-electron chi connectivity index (χ3n) is 3.77. The van der Waals surface area contributed by atoms with Crippen LogP contribution >= 0.6 is 23.4 Å². The van der Waals surface area contributed by atoms with Crippen molar-refractivity contribution in [1.29, 1.82) is 0 Å². The lowest BCUT2D eigenvalue weighted by Gasteiger charge is -2.04. The summed E-state index contributed by atoms with van der Waals surface area (Å²) in [5.41, 5.74) is 0.910. The fourth-order valence-electron chi connectivity index (χ4n) is 2.48. The van der Waals surface area contributed by atoms with Crippen molar-refractivity contribution in [2.75, 3.05) is 6.61 Å². The van der Waals surface area contributed by atoms with Gasteiger partial charge in [0, 0.05) is 0 Å². The van der Waals surface area contributed by atoms with Crippen LogP contribution in [0.2, 0.25) is 5.02 Å². The predicted octanol–water partition coefficient (Wildman–Crippen LogP) is 5.04. The second-order valence-electron chi connectivity index (χ2n) is 5.67. The molecular weight excluding hydrogens is 398 g/mol. The summed E-state index contributed by atoms with van der Waals surface area (Å²) in [6, 6.07) is 15.8. The second kappa shape index (κ2) is 8.91. The molecule has 0 bridgehead atoms. The molecule has 1 aliphatic heterocycles. The Balaban J connectivity index is 2.02. The van der Waals surface area contributed by atoms with Gasteiger partial charge in [-0.1, -0.05) is 65.8 Å². The molecule has 1 amide bonds. The number of amides is 1. The molecular formula is C21H16ClNO4S. The van der Waals surface area contributed by atoms with Crippen molar-refractivity contribution < 1.29 is 19.4 Å². The van der Waals surface area contributed by atoms with Gasteiger partial charge in [-0.05, 0) is 30.7 Å². The summed E-state index contributed by atoms with van der Waals surface area (Å²) in [7, 11) is 0. The highest BCUT2D eigenvalue weighted by Crippen LogP contribution is 2.39. The van der Waals surface area contributed by atoms with Gasteiger partial charge < -0.3 is 9.84 Å². The molecule has 0 aromatic heterocycles. The topological polar surface area (TPSA) is 76.0 Å². The van der Waals surface area contributed by atoms with Crippen LogP contribution in [-0.2, 0) is 9.53 Å². The Kier molecular flexibility index (Phi) is 6.34. The number of carbonyl (C=O) groups excluding carboxylic acids is 2. The van der Waals surface area contributed by atoms with Crippen molar-refractivity contribution in [3.63, 3.8) is 0 Å². The smallest absolute Gasteiger partial charge is 0.344 e. The highest BCUT2D eigenvalue weighted by Gasteiger charge is 2.34. The molecule has 0 saturated heterocycles. The summed E-state index contributed by atoms with van der Waals surface area (Å²) in [5, 5.41) is 10.9. The summed E-state index contributed by atoms with van der Waals surface area (Å²) in [4.78, 5) is 29.3. The summed E-state index contributed by atoms with van der Waals surface area (Å²) in [6.45, 7) is 1.79. The molecule has 0 saturated carbocycles. The lowest BCUT2D eigenvalue weighted by molar-refractivity contribution is -0.138. The van der Waals surface area contributed by atoms with Crippen molar-refractivity contribution >= 4 is 46.4 Å². The van der Waals surface area contributed by atoms with Gasteiger partial charge in [-0.15, -0.1) is 0 Å². The van der Waals surface area contributed by atoms with E-state index < -0.39 is 11.9 Å². The Morgan fingerprint density at radius 2 is 1.82 bits per heavy atom. The van der Waals surface area contributed by atoms with E-state index in [-0.39, 0.29) is 33.6 Å². The molecule has 5 nitrogen and oxygen atoms in total. The summed E-state index contributed by atoms with van der Waals surface area (Å²) in [5.74, 6) is -1.61. The highest BCUT2D eigenvalue weighted by molar-refractivity contribution is 8.18. The normalized spacial score (nSPS) is 16.6. The van der Waals surface area contributed by atoms with Crippen molar-refractivity contribution in [1.82, 2.24) is 0 Å². The number of hydrogen-bond acceptors (Lipinski definition) is 5. The fraction of sp³-hybridized carbons (Fsp3) is 0.0952. The fourth-order valence-corrected chi connectivity index (χ4v) is 3.71. The van der Waals surface area contributed by atoms with Gasteiger partial charge in [0.05, 0.1) is 22.1 Å². The van der Waals surface area contributed by atoms with Gasteiger partial charge in [0.1, 0.15) is 16.4 Å².